The summed E-state index contributed by atoms with van der Waals surface area (Å²) in [7, 11) is 0. The second-order valence-corrected chi connectivity index (χ2v) is 9.27. The van der Waals surface area contributed by atoms with Crippen molar-refractivity contribution in [2.45, 2.75) is 19.4 Å². The number of carbonyl (C=O) groups excluding carboxylic acids is 1. The van der Waals surface area contributed by atoms with Gasteiger partial charge in [-0.1, -0.05) is 6.07 Å². The number of rotatable bonds is 6. The third-order valence-electron chi connectivity index (χ3n) is 5.75. The van der Waals surface area contributed by atoms with Gasteiger partial charge >= 0.3 is 0 Å². The molecule has 1 atom stereocenters. The van der Waals surface area contributed by atoms with Crippen molar-refractivity contribution in [3.63, 3.8) is 0 Å². The van der Waals surface area contributed by atoms with Crippen LogP contribution in [0.5, 0.6) is 0 Å². The summed E-state index contributed by atoms with van der Waals surface area (Å²) in [5.41, 5.74) is 10.1. The first kappa shape index (κ1) is 23.0. The number of aryl methyl sites for hydroxylation is 1. The molecule has 9 heteroatoms. The molecule has 1 unspecified atom stereocenters. The molecule has 1 heterocycles. The van der Waals surface area contributed by atoms with Crippen molar-refractivity contribution in [3.8, 4) is 11.1 Å². The highest BCUT2D eigenvalue weighted by molar-refractivity contribution is 14.1. The molecule has 3 aromatic rings. The van der Waals surface area contributed by atoms with Crippen LogP contribution in [-0.4, -0.2) is 35.1 Å². The van der Waals surface area contributed by atoms with E-state index in [-0.39, 0.29) is 11.3 Å². The fraction of sp³-hybridized carbons (Fsp3) is 0.208. The fourth-order valence-corrected chi connectivity index (χ4v) is 4.77. The number of nitrogens with two attached hydrogens (primary N) is 1. The molecule has 1 amide bonds. The second kappa shape index (κ2) is 9.36. The van der Waals surface area contributed by atoms with Gasteiger partial charge in [-0.2, -0.15) is 0 Å². The van der Waals surface area contributed by atoms with Gasteiger partial charge in [-0.25, -0.2) is 0 Å². The minimum atomic E-state index is -0.630. The lowest BCUT2D eigenvalue weighted by molar-refractivity contribution is -0.384. The molecule has 0 aliphatic carbocycles. The highest BCUT2D eigenvalue weighted by atomic mass is 127. The van der Waals surface area contributed by atoms with Crippen molar-refractivity contribution >= 4 is 51.2 Å². The molecule has 1 fully saturated rings. The van der Waals surface area contributed by atoms with Crippen molar-refractivity contribution in [3.05, 3.63) is 79.4 Å². The zero-order valence-electron chi connectivity index (χ0n) is 17.9. The molecule has 1 aliphatic heterocycles. The lowest BCUT2D eigenvalue weighted by Gasteiger charge is -2.25. The number of amides is 1. The number of β-amino-alcohol motifs (C(OH)–C–C–N with tert-alkyl or cyclic N) is 1. The number of hydrogen-bond donors (Lipinski definition) is 3. The third-order valence-corrected chi connectivity index (χ3v) is 6.42. The zero-order valence-corrected chi connectivity index (χ0v) is 20.1. The lowest BCUT2D eigenvalue weighted by atomic mass is 9.94. The maximum atomic E-state index is 12.4. The predicted octanol–water partition coefficient (Wildman–Crippen LogP) is 4.59. The molecule has 0 radical (unpaired) electrons. The zero-order chi connectivity index (χ0) is 23.7. The monoisotopic (exact) mass is 558 g/mol. The van der Waals surface area contributed by atoms with Gasteiger partial charge in [0.15, 0.2) is 0 Å². The van der Waals surface area contributed by atoms with Gasteiger partial charge in [-0.05, 0) is 77.9 Å². The number of aliphatic hydroxyl groups is 1. The number of nitrogens with zero attached hydrogens (tertiary/aromatic N) is 2. The summed E-state index contributed by atoms with van der Waals surface area (Å²) in [5, 5.41) is 25.1. The van der Waals surface area contributed by atoms with E-state index >= 15 is 0 Å². The highest BCUT2D eigenvalue weighted by Crippen LogP contribution is 2.42. The summed E-state index contributed by atoms with van der Waals surface area (Å²) in [6.07, 6.45) is 0.120. The van der Waals surface area contributed by atoms with E-state index in [2.05, 4.69) is 27.9 Å². The number of non-ortho nitro benzene ring substituents is 1. The van der Waals surface area contributed by atoms with E-state index in [9.17, 15) is 20.0 Å². The van der Waals surface area contributed by atoms with E-state index in [1.807, 2.05) is 36.1 Å². The first-order valence-electron chi connectivity index (χ1n) is 10.4. The molecular formula is C24H23IN4O4. The molecule has 170 valence electrons. The Morgan fingerprint density at radius 3 is 2.61 bits per heavy atom. The quantitative estimate of drug-likeness (QED) is 0.231. The van der Waals surface area contributed by atoms with E-state index < -0.39 is 16.9 Å². The molecule has 1 saturated heterocycles. The number of carbonyl (C=O) groups is 1. The number of hydrogen-bond acceptors (Lipinski definition) is 6. The van der Waals surface area contributed by atoms with Crippen molar-refractivity contribution in [1.29, 1.82) is 0 Å². The maximum Gasteiger partial charge on any atom is 0.270 e. The minimum absolute atomic E-state index is 0.0958. The average Bonchev–Trinajstić information content (AvgIpc) is 3.21. The van der Waals surface area contributed by atoms with E-state index in [1.165, 1.54) is 12.1 Å². The molecule has 0 bridgehead atoms. The summed E-state index contributed by atoms with van der Waals surface area (Å²) in [6.45, 7) is 2.98. The van der Waals surface area contributed by atoms with Crippen LogP contribution in [0, 0.1) is 20.6 Å². The summed E-state index contributed by atoms with van der Waals surface area (Å²) in [4.78, 5) is 25.5. The topological polar surface area (TPSA) is 122 Å². The van der Waals surface area contributed by atoms with Gasteiger partial charge in [0.1, 0.15) is 0 Å². The van der Waals surface area contributed by atoms with Crippen LogP contribution in [0.25, 0.3) is 11.1 Å². The highest BCUT2D eigenvalue weighted by Gasteiger charge is 2.27. The van der Waals surface area contributed by atoms with Crippen molar-refractivity contribution in [1.82, 2.24) is 0 Å². The maximum absolute atomic E-state index is 12.4. The predicted molar refractivity (Wildman–Crippen MR) is 137 cm³/mol. The molecule has 1 aliphatic rings. The van der Waals surface area contributed by atoms with E-state index in [4.69, 9.17) is 5.73 Å². The van der Waals surface area contributed by atoms with Crippen LogP contribution in [0.2, 0.25) is 0 Å². The fourth-order valence-electron chi connectivity index (χ4n) is 4.13. The Labute approximate surface area is 204 Å². The van der Waals surface area contributed by atoms with Crippen LogP contribution in [-0.2, 0) is 0 Å². The second-order valence-electron chi connectivity index (χ2n) is 8.02. The van der Waals surface area contributed by atoms with E-state index in [0.717, 1.165) is 14.8 Å². The SMILES string of the molecule is Cc1cc(I)ccc1Nc1ccc([N+](=O)[O-])cc1-c1c(C(N)=O)cccc1N1CCC(O)C1. The Hall–Kier alpha value is -3.18. The number of benzene rings is 3. The molecule has 4 N–H and O–H groups in total. The van der Waals surface area contributed by atoms with E-state index in [0.29, 0.717) is 42.0 Å². The number of primary amides is 1. The van der Waals surface area contributed by atoms with Crippen molar-refractivity contribution < 1.29 is 14.8 Å². The number of halogens is 1. The Morgan fingerprint density at radius 2 is 1.97 bits per heavy atom. The van der Waals surface area contributed by atoms with Crippen LogP contribution >= 0.6 is 22.6 Å². The number of nitro groups is 1. The standard InChI is InChI=1S/C24H23IN4O4/c1-14-11-15(25)5-7-20(14)27-21-8-6-16(29(32)33)12-19(21)23-18(24(26)31)3-2-4-22(23)28-10-9-17(30)13-28/h2-8,11-12,17,27,30H,9-10,13H2,1H3,(H2,26,31). The third kappa shape index (κ3) is 4.79. The van der Waals surface area contributed by atoms with E-state index in [1.54, 1.807) is 18.2 Å². The first-order chi connectivity index (χ1) is 15.7. The van der Waals surface area contributed by atoms with Crippen LogP contribution in [0.4, 0.5) is 22.7 Å². The largest absolute Gasteiger partial charge is 0.391 e. The van der Waals surface area contributed by atoms with Crippen LogP contribution in [0.3, 0.4) is 0 Å². The van der Waals surface area contributed by atoms with Crippen molar-refractivity contribution in [2.24, 2.45) is 5.73 Å². The Kier molecular flexibility index (Phi) is 6.52. The van der Waals surface area contributed by atoms with Gasteiger partial charge in [0, 0.05) is 62.5 Å². The number of aliphatic hydroxyl groups excluding tert-OH is 1. The number of nitro benzene ring substituents is 1. The van der Waals surface area contributed by atoms with Gasteiger partial charge in [0.25, 0.3) is 5.69 Å². The summed E-state index contributed by atoms with van der Waals surface area (Å²) in [5.74, 6) is -0.630. The summed E-state index contributed by atoms with van der Waals surface area (Å²) in [6, 6.07) is 15.7. The molecule has 33 heavy (non-hydrogen) atoms. The number of nitrogens with one attached hydrogen (secondary N) is 1. The van der Waals surface area contributed by atoms with Gasteiger partial charge in [0.05, 0.1) is 11.0 Å². The Bertz CT molecular complexity index is 1250. The van der Waals surface area contributed by atoms with Gasteiger partial charge < -0.3 is 21.1 Å². The first-order valence-corrected chi connectivity index (χ1v) is 11.5. The molecule has 4 rings (SSSR count). The van der Waals surface area contributed by atoms with Crippen LogP contribution in [0.15, 0.2) is 54.6 Å². The Morgan fingerprint density at radius 1 is 1.21 bits per heavy atom. The molecule has 0 spiro atoms. The molecule has 3 aromatic carbocycles. The minimum Gasteiger partial charge on any atom is -0.391 e. The molecule has 0 aromatic heterocycles. The number of anilines is 3. The van der Waals surface area contributed by atoms with Gasteiger partial charge in [-0.3, -0.25) is 14.9 Å². The molecular weight excluding hydrogens is 535 g/mol. The molecule has 0 saturated carbocycles. The van der Waals surface area contributed by atoms with Gasteiger partial charge in [-0.15, -0.1) is 0 Å². The smallest absolute Gasteiger partial charge is 0.270 e. The van der Waals surface area contributed by atoms with Crippen molar-refractivity contribution in [2.75, 3.05) is 23.3 Å². The van der Waals surface area contributed by atoms with Gasteiger partial charge in [0.2, 0.25) is 5.91 Å². The summed E-state index contributed by atoms with van der Waals surface area (Å²) >= 11 is 2.24. The Balaban J connectivity index is 1.94. The molecule has 8 nitrogen and oxygen atoms in total. The van der Waals surface area contributed by atoms with Crippen LogP contribution in [0.1, 0.15) is 22.3 Å². The van der Waals surface area contributed by atoms with Crippen LogP contribution < -0.4 is 16.0 Å². The lowest BCUT2D eigenvalue weighted by Crippen LogP contribution is -2.23. The normalized spacial score (nSPS) is 15.5. The summed E-state index contributed by atoms with van der Waals surface area (Å²) < 4.78 is 1.09. The average molecular weight is 558 g/mol.